The van der Waals surface area contributed by atoms with Gasteiger partial charge in [-0.15, -0.1) is 0 Å². The molecule has 0 unspecified atom stereocenters. The first-order valence-electron chi connectivity index (χ1n) is 5.25. The van der Waals surface area contributed by atoms with Crippen LogP contribution in [0.5, 0.6) is 0 Å². The maximum atomic E-state index is 11.4. The molecule has 1 rings (SSSR count). The van der Waals surface area contributed by atoms with Crippen LogP contribution in [0.3, 0.4) is 0 Å². The van der Waals surface area contributed by atoms with Gasteiger partial charge in [0.25, 0.3) is 0 Å². The molecule has 0 radical (unpaired) electrons. The summed E-state index contributed by atoms with van der Waals surface area (Å²) in [4.78, 5) is 21.3. The third-order valence-corrected chi connectivity index (χ3v) is 2.57. The van der Waals surface area contributed by atoms with Crippen molar-refractivity contribution in [1.82, 2.24) is 14.9 Å². The van der Waals surface area contributed by atoms with Crippen molar-refractivity contribution in [3.63, 3.8) is 0 Å². The van der Waals surface area contributed by atoms with Crippen LogP contribution >= 0.6 is 15.9 Å². The number of anilines is 2. The third-order valence-electron chi connectivity index (χ3n) is 1.98. The molecule has 7 heteroatoms. The number of likely N-dealkylation sites (N-methyl/N-ethyl adjacent to an activating group) is 1. The molecule has 0 fully saturated rings. The summed E-state index contributed by atoms with van der Waals surface area (Å²) in [6, 6.07) is 0. The van der Waals surface area contributed by atoms with Gasteiger partial charge >= 0.3 is 0 Å². The highest BCUT2D eigenvalue weighted by Crippen LogP contribution is 2.19. The van der Waals surface area contributed by atoms with E-state index in [0.29, 0.717) is 11.8 Å². The molecule has 0 aromatic carbocycles. The van der Waals surface area contributed by atoms with Crippen LogP contribution in [0, 0.1) is 0 Å². The zero-order valence-electron chi connectivity index (χ0n) is 10.1. The van der Waals surface area contributed by atoms with Crippen LogP contribution in [0.1, 0.15) is 6.92 Å². The first kappa shape index (κ1) is 13.7. The molecule has 0 bridgehead atoms. The van der Waals surface area contributed by atoms with Crippen LogP contribution in [0.2, 0.25) is 0 Å². The zero-order chi connectivity index (χ0) is 12.8. The minimum Gasteiger partial charge on any atom is -0.360 e. The first-order valence-corrected chi connectivity index (χ1v) is 6.04. The van der Waals surface area contributed by atoms with Crippen LogP contribution in [0.15, 0.2) is 10.7 Å². The molecule has 0 atom stereocenters. The Morgan fingerprint density at radius 3 is 2.76 bits per heavy atom. The van der Waals surface area contributed by atoms with Crippen LogP contribution in [-0.2, 0) is 4.79 Å². The largest absolute Gasteiger partial charge is 0.360 e. The minimum atomic E-state index is -0.0134. The van der Waals surface area contributed by atoms with Crippen LogP contribution in [0.4, 0.5) is 11.8 Å². The molecule has 6 nitrogen and oxygen atoms in total. The van der Waals surface area contributed by atoms with Gasteiger partial charge in [-0.05, 0) is 22.9 Å². The topological polar surface area (TPSA) is 70.2 Å². The molecule has 1 amide bonds. The lowest BCUT2D eigenvalue weighted by atomic mass is 10.5. The maximum absolute atomic E-state index is 11.4. The van der Waals surface area contributed by atoms with E-state index in [1.807, 2.05) is 6.92 Å². The second-order valence-electron chi connectivity index (χ2n) is 3.56. The molecule has 94 valence electrons. The van der Waals surface area contributed by atoms with Crippen molar-refractivity contribution in [2.45, 2.75) is 6.92 Å². The van der Waals surface area contributed by atoms with Gasteiger partial charge in [-0.1, -0.05) is 0 Å². The summed E-state index contributed by atoms with van der Waals surface area (Å²) >= 11 is 3.33. The number of aromatic nitrogens is 2. The quantitative estimate of drug-likeness (QED) is 0.854. The fraction of sp³-hybridized carbons (Fsp3) is 0.500. The molecular formula is C10H16BrN5O. The van der Waals surface area contributed by atoms with Crippen molar-refractivity contribution < 1.29 is 4.79 Å². The predicted molar refractivity (Wildman–Crippen MR) is 71.1 cm³/mol. The Morgan fingerprint density at radius 2 is 2.18 bits per heavy atom. The van der Waals surface area contributed by atoms with Crippen molar-refractivity contribution >= 4 is 33.6 Å². The van der Waals surface area contributed by atoms with E-state index in [2.05, 4.69) is 36.5 Å². The molecule has 1 aromatic heterocycles. The number of amides is 1. The fourth-order valence-corrected chi connectivity index (χ4v) is 1.38. The van der Waals surface area contributed by atoms with Crippen molar-refractivity contribution in [2.24, 2.45) is 0 Å². The Kier molecular flexibility index (Phi) is 5.14. The van der Waals surface area contributed by atoms with Gasteiger partial charge in [-0.25, -0.2) is 4.98 Å². The molecule has 17 heavy (non-hydrogen) atoms. The van der Waals surface area contributed by atoms with Gasteiger partial charge in [0.2, 0.25) is 11.9 Å². The Bertz CT molecular complexity index is 396. The molecule has 0 aliphatic carbocycles. The van der Waals surface area contributed by atoms with E-state index in [4.69, 9.17) is 0 Å². The van der Waals surface area contributed by atoms with E-state index in [0.717, 1.165) is 11.0 Å². The van der Waals surface area contributed by atoms with Crippen molar-refractivity contribution in [2.75, 3.05) is 37.8 Å². The lowest BCUT2D eigenvalue weighted by molar-refractivity contribution is -0.126. The number of nitrogens with one attached hydrogen (secondary N) is 2. The summed E-state index contributed by atoms with van der Waals surface area (Å²) in [6.45, 7) is 2.92. The molecule has 0 saturated heterocycles. The van der Waals surface area contributed by atoms with Gasteiger partial charge in [0.05, 0.1) is 11.0 Å². The first-order chi connectivity index (χ1) is 8.04. The molecule has 0 saturated carbocycles. The van der Waals surface area contributed by atoms with Gasteiger partial charge in [-0.3, -0.25) is 4.79 Å². The van der Waals surface area contributed by atoms with Crippen molar-refractivity contribution in [1.29, 1.82) is 0 Å². The Balaban J connectivity index is 2.69. The Morgan fingerprint density at radius 1 is 1.47 bits per heavy atom. The zero-order valence-corrected chi connectivity index (χ0v) is 11.7. The Hall–Kier alpha value is -1.37. The van der Waals surface area contributed by atoms with E-state index in [1.165, 1.54) is 4.90 Å². The summed E-state index contributed by atoms with van der Waals surface area (Å²) in [6.07, 6.45) is 1.65. The number of carbonyl (C=O) groups is 1. The van der Waals surface area contributed by atoms with E-state index in [1.54, 1.807) is 20.3 Å². The summed E-state index contributed by atoms with van der Waals surface area (Å²) in [5.41, 5.74) is 0. The SMILES string of the molecule is CCNc1ncc(Br)c(NCC(=O)N(C)C)n1. The number of rotatable bonds is 5. The molecule has 0 aliphatic heterocycles. The lowest BCUT2D eigenvalue weighted by Crippen LogP contribution is -2.29. The average molecular weight is 302 g/mol. The summed E-state index contributed by atoms with van der Waals surface area (Å²) < 4.78 is 0.728. The van der Waals surface area contributed by atoms with Crippen LogP contribution in [-0.4, -0.2) is 48.0 Å². The average Bonchev–Trinajstić information content (AvgIpc) is 2.29. The summed E-state index contributed by atoms with van der Waals surface area (Å²) in [5, 5.41) is 5.97. The van der Waals surface area contributed by atoms with E-state index < -0.39 is 0 Å². The Labute approximate surface area is 109 Å². The normalized spacial score (nSPS) is 9.88. The fourth-order valence-electron chi connectivity index (χ4n) is 1.05. The highest BCUT2D eigenvalue weighted by molar-refractivity contribution is 9.10. The summed E-state index contributed by atoms with van der Waals surface area (Å²) in [7, 11) is 3.42. The van der Waals surface area contributed by atoms with Crippen LogP contribution in [0.25, 0.3) is 0 Å². The molecule has 0 spiro atoms. The molecule has 2 N–H and O–H groups in total. The van der Waals surface area contributed by atoms with Gasteiger partial charge in [0, 0.05) is 26.8 Å². The number of halogens is 1. The lowest BCUT2D eigenvalue weighted by Gasteiger charge is -2.12. The number of hydrogen-bond acceptors (Lipinski definition) is 5. The van der Waals surface area contributed by atoms with Gasteiger partial charge in [-0.2, -0.15) is 4.98 Å². The molecule has 0 aliphatic rings. The second-order valence-corrected chi connectivity index (χ2v) is 4.42. The van der Waals surface area contributed by atoms with Crippen molar-refractivity contribution in [3.05, 3.63) is 10.7 Å². The highest BCUT2D eigenvalue weighted by atomic mass is 79.9. The maximum Gasteiger partial charge on any atom is 0.241 e. The smallest absolute Gasteiger partial charge is 0.241 e. The number of nitrogens with zero attached hydrogens (tertiary/aromatic N) is 3. The molecule has 1 heterocycles. The highest BCUT2D eigenvalue weighted by Gasteiger charge is 2.07. The second kappa shape index (κ2) is 6.39. The number of carbonyl (C=O) groups excluding carboxylic acids is 1. The van der Waals surface area contributed by atoms with E-state index >= 15 is 0 Å². The van der Waals surface area contributed by atoms with Crippen LogP contribution < -0.4 is 10.6 Å². The van der Waals surface area contributed by atoms with E-state index in [9.17, 15) is 4.79 Å². The van der Waals surface area contributed by atoms with Gasteiger partial charge in [0.1, 0.15) is 5.82 Å². The van der Waals surface area contributed by atoms with Gasteiger partial charge < -0.3 is 15.5 Å². The molecular weight excluding hydrogens is 286 g/mol. The molecule has 1 aromatic rings. The summed E-state index contributed by atoms with van der Waals surface area (Å²) in [5.74, 6) is 1.13. The minimum absolute atomic E-state index is 0.0134. The van der Waals surface area contributed by atoms with Gasteiger partial charge in [0.15, 0.2) is 0 Å². The number of hydrogen-bond donors (Lipinski definition) is 2. The third kappa shape index (κ3) is 4.18. The standard InChI is InChI=1S/C10H16BrN5O/c1-4-12-10-14-5-7(11)9(15-10)13-6-8(17)16(2)3/h5H,4,6H2,1-3H3,(H2,12,13,14,15). The van der Waals surface area contributed by atoms with E-state index in [-0.39, 0.29) is 12.5 Å². The monoisotopic (exact) mass is 301 g/mol. The predicted octanol–water partition coefficient (Wildman–Crippen LogP) is 1.17. The van der Waals surface area contributed by atoms with Crippen molar-refractivity contribution in [3.8, 4) is 0 Å².